The number of aromatic nitrogens is 2. The number of nitro groups is 1. The minimum atomic E-state index is -0.467. The van der Waals surface area contributed by atoms with Gasteiger partial charge in [-0.25, -0.2) is 0 Å². The SMILES string of the molecule is Cc1ccc([N+](=O)[O-])c(-c2ncon2)c1. The monoisotopic (exact) mass is 205 g/mol. The summed E-state index contributed by atoms with van der Waals surface area (Å²) in [6, 6.07) is 4.76. The minimum absolute atomic E-state index is 0.0259. The van der Waals surface area contributed by atoms with Crippen molar-refractivity contribution in [1.29, 1.82) is 0 Å². The average Bonchev–Trinajstić information content (AvgIpc) is 2.69. The van der Waals surface area contributed by atoms with E-state index in [0.29, 0.717) is 5.56 Å². The molecular weight excluding hydrogens is 198 g/mol. The zero-order valence-corrected chi connectivity index (χ0v) is 7.88. The Balaban J connectivity index is 2.63. The van der Waals surface area contributed by atoms with E-state index in [4.69, 9.17) is 0 Å². The van der Waals surface area contributed by atoms with Crippen LogP contribution in [0.3, 0.4) is 0 Å². The normalized spacial score (nSPS) is 10.2. The van der Waals surface area contributed by atoms with Crippen LogP contribution in [0.25, 0.3) is 11.4 Å². The molecule has 0 radical (unpaired) electrons. The van der Waals surface area contributed by atoms with Gasteiger partial charge in [-0.15, -0.1) is 0 Å². The van der Waals surface area contributed by atoms with Crippen LogP contribution in [-0.2, 0) is 0 Å². The van der Waals surface area contributed by atoms with E-state index in [-0.39, 0.29) is 11.5 Å². The summed E-state index contributed by atoms with van der Waals surface area (Å²) in [6.45, 7) is 1.84. The lowest BCUT2D eigenvalue weighted by Gasteiger charge is -1.99. The standard InChI is InChI=1S/C9H7N3O3/c1-6-2-3-8(12(13)14)7(4-6)9-10-5-15-11-9/h2-5H,1H3. The highest BCUT2D eigenvalue weighted by molar-refractivity contribution is 5.68. The summed E-state index contributed by atoms with van der Waals surface area (Å²) in [7, 11) is 0. The molecule has 15 heavy (non-hydrogen) atoms. The van der Waals surface area contributed by atoms with Gasteiger partial charge in [-0.3, -0.25) is 10.1 Å². The van der Waals surface area contributed by atoms with Crippen molar-refractivity contribution in [1.82, 2.24) is 10.1 Å². The van der Waals surface area contributed by atoms with E-state index in [2.05, 4.69) is 14.7 Å². The molecular formula is C9H7N3O3. The Kier molecular flexibility index (Phi) is 2.17. The van der Waals surface area contributed by atoms with Crippen LogP contribution in [-0.4, -0.2) is 15.1 Å². The number of benzene rings is 1. The van der Waals surface area contributed by atoms with Gasteiger partial charge in [0.15, 0.2) is 0 Å². The highest BCUT2D eigenvalue weighted by Gasteiger charge is 2.18. The maximum absolute atomic E-state index is 10.7. The van der Waals surface area contributed by atoms with Crippen molar-refractivity contribution in [3.8, 4) is 11.4 Å². The van der Waals surface area contributed by atoms with Gasteiger partial charge in [0.05, 0.1) is 4.92 Å². The quantitative estimate of drug-likeness (QED) is 0.552. The fourth-order valence-electron chi connectivity index (χ4n) is 1.28. The average molecular weight is 205 g/mol. The molecule has 0 aliphatic rings. The van der Waals surface area contributed by atoms with Crippen molar-refractivity contribution in [2.75, 3.05) is 0 Å². The zero-order chi connectivity index (χ0) is 10.8. The predicted molar refractivity (Wildman–Crippen MR) is 51.1 cm³/mol. The van der Waals surface area contributed by atoms with Gasteiger partial charge in [0.25, 0.3) is 5.69 Å². The Bertz CT molecular complexity index is 493. The van der Waals surface area contributed by atoms with Crippen LogP contribution in [0, 0.1) is 17.0 Å². The minimum Gasteiger partial charge on any atom is -0.342 e. The summed E-state index contributed by atoms with van der Waals surface area (Å²) in [4.78, 5) is 14.1. The molecule has 1 heterocycles. The molecule has 0 saturated heterocycles. The molecule has 0 bridgehead atoms. The van der Waals surface area contributed by atoms with Gasteiger partial charge >= 0.3 is 0 Å². The van der Waals surface area contributed by atoms with E-state index in [9.17, 15) is 10.1 Å². The maximum atomic E-state index is 10.7. The number of hydrogen-bond donors (Lipinski definition) is 0. The molecule has 0 fully saturated rings. The van der Waals surface area contributed by atoms with Crippen molar-refractivity contribution < 1.29 is 9.45 Å². The largest absolute Gasteiger partial charge is 0.342 e. The molecule has 0 amide bonds. The fourth-order valence-corrected chi connectivity index (χ4v) is 1.28. The first-order chi connectivity index (χ1) is 7.18. The van der Waals surface area contributed by atoms with Crippen molar-refractivity contribution in [2.24, 2.45) is 0 Å². The Labute approximate surface area is 84.7 Å². The second-order valence-corrected chi connectivity index (χ2v) is 3.03. The van der Waals surface area contributed by atoms with Crippen LogP contribution in [0.1, 0.15) is 5.56 Å². The van der Waals surface area contributed by atoms with Crippen molar-refractivity contribution in [3.05, 3.63) is 40.3 Å². The smallest absolute Gasteiger partial charge is 0.280 e. The summed E-state index contributed by atoms with van der Waals surface area (Å²) in [5.74, 6) is 0.227. The Hall–Kier alpha value is -2.24. The van der Waals surface area contributed by atoms with Gasteiger partial charge in [0.1, 0.15) is 5.56 Å². The summed E-state index contributed by atoms with van der Waals surface area (Å²) < 4.78 is 4.56. The van der Waals surface area contributed by atoms with Gasteiger partial charge in [-0.05, 0) is 18.6 Å². The molecule has 6 heteroatoms. The lowest BCUT2D eigenvalue weighted by molar-refractivity contribution is -0.384. The topological polar surface area (TPSA) is 82.1 Å². The third-order valence-corrected chi connectivity index (χ3v) is 1.95. The lowest BCUT2D eigenvalue weighted by Crippen LogP contribution is -1.93. The van der Waals surface area contributed by atoms with E-state index in [0.717, 1.165) is 12.0 Å². The van der Waals surface area contributed by atoms with Gasteiger partial charge in [0.2, 0.25) is 12.2 Å². The third-order valence-electron chi connectivity index (χ3n) is 1.95. The predicted octanol–water partition coefficient (Wildman–Crippen LogP) is 1.95. The van der Waals surface area contributed by atoms with Crippen LogP contribution >= 0.6 is 0 Å². The van der Waals surface area contributed by atoms with Crippen molar-refractivity contribution in [3.63, 3.8) is 0 Å². The van der Waals surface area contributed by atoms with Gasteiger partial charge < -0.3 is 4.52 Å². The first-order valence-electron chi connectivity index (χ1n) is 4.20. The van der Waals surface area contributed by atoms with Crippen molar-refractivity contribution >= 4 is 5.69 Å². The summed E-state index contributed by atoms with van der Waals surface area (Å²) in [6.07, 6.45) is 1.14. The second-order valence-electron chi connectivity index (χ2n) is 3.03. The molecule has 1 aromatic heterocycles. The van der Waals surface area contributed by atoms with Crippen LogP contribution in [0.5, 0.6) is 0 Å². The van der Waals surface area contributed by atoms with Gasteiger partial charge in [-0.1, -0.05) is 11.2 Å². The Morgan fingerprint density at radius 2 is 2.27 bits per heavy atom. The number of nitro benzene ring substituents is 1. The van der Waals surface area contributed by atoms with Crippen LogP contribution in [0.15, 0.2) is 29.1 Å². The van der Waals surface area contributed by atoms with E-state index in [1.165, 1.54) is 6.07 Å². The van der Waals surface area contributed by atoms with E-state index < -0.39 is 4.92 Å². The molecule has 0 aliphatic carbocycles. The molecule has 0 spiro atoms. The molecule has 0 unspecified atom stereocenters. The molecule has 0 N–H and O–H groups in total. The molecule has 76 valence electrons. The lowest BCUT2D eigenvalue weighted by atomic mass is 10.1. The Morgan fingerprint density at radius 1 is 1.47 bits per heavy atom. The number of rotatable bonds is 2. The molecule has 0 saturated carbocycles. The number of nitrogens with zero attached hydrogens (tertiary/aromatic N) is 3. The van der Waals surface area contributed by atoms with Gasteiger partial charge in [0, 0.05) is 6.07 Å². The van der Waals surface area contributed by atoms with E-state index >= 15 is 0 Å². The highest BCUT2D eigenvalue weighted by atomic mass is 16.6. The maximum Gasteiger partial charge on any atom is 0.280 e. The zero-order valence-electron chi connectivity index (χ0n) is 7.88. The second kappa shape index (κ2) is 3.49. The Morgan fingerprint density at radius 3 is 2.87 bits per heavy atom. The van der Waals surface area contributed by atoms with Crippen LogP contribution < -0.4 is 0 Å². The van der Waals surface area contributed by atoms with E-state index in [1.54, 1.807) is 12.1 Å². The number of aryl methyl sites for hydroxylation is 1. The first-order valence-corrected chi connectivity index (χ1v) is 4.20. The number of hydrogen-bond acceptors (Lipinski definition) is 5. The molecule has 2 aromatic rings. The summed E-state index contributed by atoms with van der Waals surface area (Å²) >= 11 is 0. The molecule has 6 nitrogen and oxygen atoms in total. The third kappa shape index (κ3) is 1.69. The van der Waals surface area contributed by atoms with Gasteiger partial charge in [-0.2, -0.15) is 4.98 Å². The van der Waals surface area contributed by atoms with Crippen LogP contribution in [0.4, 0.5) is 5.69 Å². The molecule has 1 aromatic carbocycles. The fraction of sp³-hybridized carbons (Fsp3) is 0.111. The molecule has 0 atom stereocenters. The summed E-state index contributed by atoms with van der Waals surface area (Å²) in [5, 5.41) is 14.3. The molecule has 2 rings (SSSR count). The van der Waals surface area contributed by atoms with Crippen LogP contribution in [0.2, 0.25) is 0 Å². The highest BCUT2D eigenvalue weighted by Crippen LogP contribution is 2.27. The van der Waals surface area contributed by atoms with Crippen molar-refractivity contribution in [2.45, 2.75) is 6.92 Å². The summed E-state index contributed by atoms with van der Waals surface area (Å²) in [5.41, 5.74) is 1.25. The first kappa shape index (κ1) is 9.32. The van der Waals surface area contributed by atoms with E-state index in [1.807, 2.05) is 6.92 Å². The molecule has 0 aliphatic heterocycles.